The number of anilines is 1. The van der Waals surface area contributed by atoms with E-state index in [2.05, 4.69) is 10.3 Å². The summed E-state index contributed by atoms with van der Waals surface area (Å²) in [6.45, 7) is 0. The maximum absolute atomic E-state index is 12.8. The molecule has 1 heterocycles. The van der Waals surface area contributed by atoms with E-state index in [4.69, 9.17) is 0 Å². The molecule has 1 fully saturated rings. The second kappa shape index (κ2) is 7.56. The minimum absolute atomic E-state index is 0.163. The van der Waals surface area contributed by atoms with Crippen molar-refractivity contribution in [2.45, 2.75) is 35.3 Å². The zero-order valence-corrected chi connectivity index (χ0v) is 15.8. The predicted octanol–water partition coefficient (Wildman–Crippen LogP) is 4.31. The van der Waals surface area contributed by atoms with Gasteiger partial charge < -0.3 is 5.32 Å². The zero-order chi connectivity index (χ0) is 22.3. The number of aromatic nitrogens is 1. The first kappa shape index (κ1) is 22.1. The van der Waals surface area contributed by atoms with E-state index in [1.807, 2.05) is 0 Å². The summed E-state index contributed by atoms with van der Waals surface area (Å²) >= 11 is 0. The monoisotopic (exact) mass is 452 g/mol. The number of hydrogen-bond donors (Lipinski definition) is 1. The Hall–Kier alpha value is -2.63. The molecule has 0 radical (unpaired) electrons. The molecule has 3 rings (SSSR count). The smallest absolute Gasteiger partial charge is 0.310 e. The lowest BCUT2D eigenvalue weighted by Crippen LogP contribution is -2.42. The Morgan fingerprint density at radius 2 is 1.60 bits per heavy atom. The van der Waals surface area contributed by atoms with E-state index < -0.39 is 55.4 Å². The van der Waals surface area contributed by atoms with Gasteiger partial charge in [0.15, 0.2) is 9.84 Å². The number of hydrogen-bond acceptors (Lipinski definition) is 4. The molecular weight excluding hydrogens is 438 g/mol. The third-order valence-electron chi connectivity index (χ3n) is 4.69. The molecule has 30 heavy (non-hydrogen) atoms. The number of carbonyl (C=O) groups is 1. The van der Waals surface area contributed by atoms with Gasteiger partial charge in [0.25, 0.3) is 0 Å². The normalized spacial score (nSPS) is 19.8. The number of nitrogens with zero attached hydrogens (tertiary/aromatic N) is 1. The van der Waals surface area contributed by atoms with Crippen LogP contribution in [0.1, 0.15) is 24.1 Å². The molecule has 0 spiro atoms. The van der Waals surface area contributed by atoms with E-state index in [0.717, 1.165) is 36.4 Å². The highest BCUT2D eigenvalue weighted by molar-refractivity contribution is 7.92. The molecule has 162 valence electrons. The van der Waals surface area contributed by atoms with Crippen LogP contribution >= 0.6 is 0 Å². The molecule has 1 saturated carbocycles. The second-order valence-corrected chi connectivity index (χ2v) is 8.98. The number of alkyl halides is 6. The van der Waals surface area contributed by atoms with Crippen molar-refractivity contribution in [2.24, 2.45) is 5.92 Å². The summed E-state index contributed by atoms with van der Waals surface area (Å²) in [7, 11) is -4.09. The van der Waals surface area contributed by atoms with Gasteiger partial charge in [0.2, 0.25) is 5.91 Å². The Morgan fingerprint density at radius 1 is 0.967 bits per heavy atom. The van der Waals surface area contributed by atoms with Crippen LogP contribution in [0.5, 0.6) is 0 Å². The number of rotatable bonds is 4. The molecule has 2 aromatic rings. The van der Waals surface area contributed by atoms with Crippen LogP contribution in [0.4, 0.5) is 32.2 Å². The minimum Gasteiger partial charge on any atom is -0.310 e. The highest BCUT2D eigenvalue weighted by Gasteiger charge is 2.43. The molecule has 1 aromatic carbocycles. The van der Waals surface area contributed by atoms with Gasteiger partial charge in [0.1, 0.15) is 11.5 Å². The van der Waals surface area contributed by atoms with E-state index >= 15 is 0 Å². The van der Waals surface area contributed by atoms with Crippen molar-refractivity contribution in [1.82, 2.24) is 4.98 Å². The summed E-state index contributed by atoms with van der Waals surface area (Å²) in [5.41, 5.74) is -2.30. The number of amides is 1. The molecular formula is C18H14F6N2O3S. The molecule has 1 aliphatic carbocycles. The van der Waals surface area contributed by atoms with Crippen LogP contribution in [0.15, 0.2) is 47.4 Å². The van der Waals surface area contributed by atoms with Crippen LogP contribution in [0, 0.1) is 5.92 Å². The van der Waals surface area contributed by atoms with Crippen LogP contribution in [0.3, 0.4) is 0 Å². The number of sulfone groups is 1. The number of benzene rings is 1. The Kier molecular flexibility index (Phi) is 5.56. The lowest BCUT2D eigenvalue weighted by Gasteiger charge is -2.33. The van der Waals surface area contributed by atoms with Crippen molar-refractivity contribution in [1.29, 1.82) is 0 Å². The third-order valence-corrected chi connectivity index (χ3v) is 6.86. The second-order valence-electron chi connectivity index (χ2n) is 6.76. The molecule has 1 N–H and O–H groups in total. The summed E-state index contributed by atoms with van der Waals surface area (Å²) in [5, 5.41) is 1.14. The van der Waals surface area contributed by atoms with Crippen molar-refractivity contribution >= 4 is 21.6 Å². The Morgan fingerprint density at radius 3 is 2.20 bits per heavy atom. The number of pyridine rings is 1. The fourth-order valence-corrected chi connectivity index (χ4v) is 4.88. The predicted molar refractivity (Wildman–Crippen MR) is 93.0 cm³/mol. The SMILES string of the molecule is O=C(Nc1cccc(C(F)(F)F)n1)C1CC(S(=O)(=O)c2cccc(C(F)(F)F)c2)C1. The van der Waals surface area contributed by atoms with E-state index in [-0.39, 0.29) is 18.7 Å². The van der Waals surface area contributed by atoms with Gasteiger partial charge in [-0.1, -0.05) is 12.1 Å². The van der Waals surface area contributed by atoms with E-state index in [9.17, 15) is 39.6 Å². The van der Waals surface area contributed by atoms with E-state index in [1.165, 1.54) is 0 Å². The number of halogens is 6. The molecule has 0 bridgehead atoms. The molecule has 0 aliphatic heterocycles. The zero-order valence-electron chi connectivity index (χ0n) is 15.0. The lowest BCUT2D eigenvalue weighted by atomic mass is 9.84. The standard InChI is InChI=1S/C18H14F6N2O3S/c19-17(20,21)11-3-1-4-12(9-11)30(28,29)13-7-10(8-13)16(27)26-15-6-2-5-14(25-15)18(22,23)24/h1-6,9-10,13H,7-8H2,(H,25,26,27). The Labute approximate surface area is 167 Å². The van der Waals surface area contributed by atoms with Crippen LogP contribution in [0.25, 0.3) is 0 Å². The quantitative estimate of drug-likeness (QED) is 0.702. The first-order chi connectivity index (χ1) is 13.8. The largest absolute Gasteiger partial charge is 0.433 e. The van der Waals surface area contributed by atoms with Crippen molar-refractivity contribution < 1.29 is 39.6 Å². The van der Waals surface area contributed by atoms with Crippen molar-refractivity contribution in [3.05, 3.63) is 53.7 Å². The Bertz CT molecular complexity index is 1060. The lowest BCUT2D eigenvalue weighted by molar-refractivity contribution is -0.141. The third kappa shape index (κ3) is 4.58. The van der Waals surface area contributed by atoms with Gasteiger partial charge in [0.05, 0.1) is 15.7 Å². The van der Waals surface area contributed by atoms with Crippen LogP contribution < -0.4 is 5.32 Å². The van der Waals surface area contributed by atoms with E-state index in [0.29, 0.717) is 6.07 Å². The van der Waals surface area contributed by atoms with Crippen LogP contribution in [-0.2, 0) is 27.0 Å². The molecule has 1 aromatic heterocycles. The molecule has 1 amide bonds. The highest BCUT2D eigenvalue weighted by Crippen LogP contribution is 2.38. The fraction of sp³-hybridized carbons (Fsp3) is 0.333. The average Bonchev–Trinajstić information content (AvgIpc) is 2.59. The molecule has 0 unspecified atom stereocenters. The Balaban J connectivity index is 1.66. The average molecular weight is 452 g/mol. The summed E-state index contributed by atoms with van der Waals surface area (Å²) in [4.78, 5) is 15.0. The summed E-state index contributed by atoms with van der Waals surface area (Å²) in [6, 6.07) is 6.27. The van der Waals surface area contributed by atoms with Gasteiger partial charge in [-0.15, -0.1) is 0 Å². The van der Waals surface area contributed by atoms with Gasteiger partial charge >= 0.3 is 12.4 Å². The summed E-state index contributed by atoms with van der Waals surface area (Å²) in [5.74, 6) is -1.86. The first-order valence-corrected chi connectivity index (χ1v) is 10.1. The van der Waals surface area contributed by atoms with Gasteiger partial charge in [-0.25, -0.2) is 13.4 Å². The van der Waals surface area contributed by atoms with Crippen LogP contribution in [-0.4, -0.2) is 24.6 Å². The summed E-state index contributed by atoms with van der Waals surface area (Å²) in [6.07, 6.45) is -9.72. The maximum atomic E-state index is 12.8. The highest BCUT2D eigenvalue weighted by atomic mass is 32.2. The molecule has 0 saturated heterocycles. The number of nitrogens with one attached hydrogen (secondary N) is 1. The minimum atomic E-state index is -4.70. The van der Waals surface area contributed by atoms with Crippen molar-refractivity contribution in [3.8, 4) is 0 Å². The molecule has 0 atom stereocenters. The van der Waals surface area contributed by atoms with Crippen molar-refractivity contribution in [2.75, 3.05) is 5.32 Å². The first-order valence-electron chi connectivity index (χ1n) is 8.55. The molecule has 5 nitrogen and oxygen atoms in total. The number of carbonyl (C=O) groups excluding carboxylic acids is 1. The maximum Gasteiger partial charge on any atom is 0.433 e. The van der Waals surface area contributed by atoms with Gasteiger partial charge in [-0.05, 0) is 43.2 Å². The molecule has 1 aliphatic rings. The van der Waals surface area contributed by atoms with Crippen LogP contribution in [0.2, 0.25) is 0 Å². The van der Waals surface area contributed by atoms with Gasteiger partial charge in [0, 0.05) is 5.92 Å². The van der Waals surface area contributed by atoms with Gasteiger partial charge in [-0.3, -0.25) is 4.79 Å². The molecule has 12 heteroatoms. The van der Waals surface area contributed by atoms with Gasteiger partial charge in [-0.2, -0.15) is 26.3 Å². The van der Waals surface area contributed by atoms with Crippen molar-refractivity contribution in [3.63, 3.8) is 0 Å². The van der Waals surface area contributed by atoms with E-state index in [1.54, 1.807) is 0 Å². The fourth-order valence-electron chi connectivity index (χ4n) is 2.97. The summed E-state index contributed by atoms with van der Waals surface area (Å²) < 4.78 is 102. The topological polar surface area (TPSA) is 76.1 Å².